The second-order valence-corrected chi connectivity index (χ2v) is 12.0. The van der Waals surface area contributed by atoms with E-state index in [1.807, 2.05) is 67.6 Å². The summed E-state index contributed by atoms with van der Waals surface area (Å²) in [5.41, 5.74) is 1.34. The maximum Gasteiger partial charge on any atom is 0.264 e. The Kier molecular flexibility index (Phi) is 11.0. The van der Waals surface area contributed by atoms with Gasteiger partial charge < -0.3 is 10.2 Å². The summed E-state index contributed by atoms with van der Waals surface area (Å²) in [6, 6.07) is 30.6. The molecule has 0 bridgehead atoms. The third kappa shape index (κ3) is 8.29. The van der Waals surface area contributed by atoms with Crippen molar-refractivity contribution in [2.24, 2.45) is 0 Å². The molecule has 0 unspecified atom stereocenters. The predicted octanol–water partition coefficient (Wildman–Crippen LogP) is 5.58. The summed E-state index contributed by atoms with van der Waals surface area (Å²) in [5, 5.41) is 2.95. The molecule has 43 heavy (non-hydrogen) atoms. The molecule has 9 heteroatoms. The maximum absolute atomic E-state index is 15.1. The fourth-order valence-electron chi connectivity index (χ4n) is 4.73. The minimum absolute atomic E-state index is 0.0505. The quantitative estimate of drug-likeness (QED) is 0.191. The molecule has 4 rings (SSSR count). The molecule has 0 aliphatic carbocycles. The Labute approximate surface area is 253 Å². The van der Waals surface area contributed by atoms with Crippen LogP contribution in [0.15, 0.2) is 120 Å². The first-order valence-electron chi connectivity index (χ1n) is 14.3. The third-order valence-electron chi connectivity index (χ3n) is 7.03. The molecule has 0 fully saturated rings. The number of benzene rings is 4. The van der Waals surface area contributed by atoms with Crippen LogP contribution in [0.25, 0.3) is 0 Å². The van der Waals surface area contributed by atoms with Gasteiger partial charge in [-0.1, -0.05) is 104 Å². The molecule has 4 aromatic rings. The van der Waals surface area contributed by atoms with Gasteiger partial charge in [-0.05, 0) is 41.8 Å². The smallest absolute Gasteiger partial charge is 0.264 e. The summed E-state index contributed by atoms with van der Waals surface area (Å²) in [7, 11) is -4.36. The lowest BCUT2D eigenvalue weighted by atomic mass is 10.0. The molecule has 0 spiro atoms. The minimum Gasteiger partial charge on any atom is -0.354 e. The number of nitrogens with one attached hydrogen (secondary N) is 1. The van der Waals surface area contributed by atoms with Gasteiger partial charge in [0.1, 0.15) is 18.4 Å². The molecule has 0 heterocycles. The van der Waals surface area contributed by atoms with Crippen LogP contribution in [-0.2, 0) is 32.6 Å². The number of sulfonamides is 1. The van der Waals surface area contributed by atoms with Gasteiger partial charge in [-0.3, -0.25) is 13.9 Å². The summed E-state index contributed by atoms with van der Waals surface area (Å²) in [6.45, 7) is 1.80. The number of amides is 2. The highest BCUT2D eigenvalue weighted by Crippen LogP contribution is 2.27. The fourth-order valence-corrected chi connectivity index (χ4v) is 6.17. The Balaban J connectivity index is 1.77. The Morgan fingerprint density at radius 3 is 1.95 bits per heavy atom. The number of anilines is 1. The van der Waals surface area contributed by atoms with E-state index < -0.39 is 34.3 Å². The van der Waals surface area contributed by atoms with Crippen LogP contribution in [0, 0.1) is 5.82 Å². The number of unbranched alkanes of at least 4 members (excludes halogenated alkanes) is 1. The molecule has 1 atom stereocenters. The van der Waals surface area contributed by atoms with E-state index >= 15 is 4.39 Å². The standard InChI is InChI=1S/C34H36FN3O4S/c1-2-3-23-36-34(40)32(24-27-15-7-4-8-16-27)37(25-28-17-9-5-10-18-28)33(39)26-38(31-22-14-13-21-30(31)35)43(41,42)29-19-11-6-12-20-29/h4-22,32H,2-3,23-26H2,1H3,(H,36,40)/t32-/m1/s1. The molecule has 0 aliphatic heterocycles. The molecule has 0 aromatic heterocycles. The normalized spacial score (nSPS) is 11.9. The van der Waals surface area contributed by atoms with Gasteiger partial charge in [-0.15, -0.1) is 0 Å². The summed E-state index contributed by atoms with van der Waals surface area (Å²) < 4.78 is 43.7. The number of nitrogens with zero attached hydrogens (tertiary/aromatic N) is 2. The lowest BCUT2D eigenvalue weighted by Gasteiger charge is -2.34. The van der Waals surface area contributed by atoms with Crippen LogP contribution in [0.1, 0.15) is 30.9 Å². The van der Waals surface area contributed by atoms with Crippen molar-refractivity contribution >= 4 is 27.5 Å². The molecule has 0 radical (unpaired) electrons. The molecular formula is C34H36FN3O4S. The summed E-state index contributed by atoms with van der Waals surface area (Å²) in [4.78, 5) is 29.3. The average molecular weight is 602 g/mol. The van der Waals surface area contributed by atoms with Gasteiger partial charge >= 0.3 is 0 Å². The van der Waals surface area contributed by atoms with Gasteiger partial charge in [-0.25, -0.2) is 12.8 Å². The van der Waals surface area contributed by atoms with Gasteiger partial charge in [0.2, 0.25) is 11.8 Å². The van der Waals surface area contributed by atoms with Crippen molar-refractivity contribution < 1.29 is 22.4 Å². The topological polar surface area (TPSA) is 86.8 Å². The summed E-state index contributed by atoms with van der Waals surface area (Å²) in [6.07, 6.45) is 1.86. The zero-order valence-electron chi connectivity index (χ0n) is 24.1. The van der Waals surface area contributed by atoms with Gasteiger partial charge in [0.15, 0.2) is 0 Å². The van der Waals surface area contributed by atoms with Crippen molar-refractivity contribution in [1.82, 2.24) is 10.2 Å². The van der Waals surface area contributed by atoms with Gasteiger partial charge in [-0.2, -0.15) is 0 Å². The highest BCUT2D eigenvalue weighted by molar-refractivity contribution is 7.92. The van der Waals surface area contributed by atoms with Crippen LogP contribution in [-0.4, -0.2) is 44.3 Å². The molecule has 0 saturated heterocycles. The number of para-hydroxylation sites is 1. The molecule has 0 aliphatic rings. The van der Waals surface area contributed by atoms with E-state index in [0.717, 1.165) is 34.3 Å². The Morgan fingerprint density at radius 1 is 0.791 bits per heavy atom. The highest BCUT2D eigenvalue weighted by Gasteiger charge is 2.35. The molecule has 224 valence electrons. The molecule has 2 amide bonds. The largest absolute Gasteiger partial charge is 0.354 e. The van der Waals surface area contributed by atoms with E-state index in [1.165, 1.54) is 35.2 Å². The van der Waals surface area contributed by atoms with E-state index in [-0.39, 0.29) is 29.5 Å². The van der Waals surface area contributed by atoms with Crippen LogP contribution < -0.4 is 9.62 Å². The first-order chi connectivity index (χ1) is 20.8. The molecule has 7 nitrogen and oxygen atoms in total. The number of rotatable bonds is 14. The fraction of sp³-hybridized carbons (Fsp3) is 0.235. The number of halogens is 1. The van der Waals surface area contributed by atoms with E-state index in [2.05, 4.69) is 5.32 Å². The Bertz CT molecular complexity index is 1590. The molecule has 1 N–H and O–H groups in total. The summed E-state index contributed by atoms with van der Waals surface area (Å²) in [5.74, 6) is -1.77. The van der Waals surface area contributed by atoms with E-state index in [0.29, 0.717) is 6.54 Å². The van der Waals surface area contributed by atoms with Crippen molar-refractivity contribution in [3.05, 3.63) is 132 Å². The SMILES string of the molecule is CCCCNC(=O)[C@@H](Cc1ccccc1)N(Cc1ccccc1)C(=O)CN(c1ccccc1F)S(=O)(=O)c1ccccc1. The number of carbonyl (C=O) groups excluding carboxylic acids is 2. The van der Waals surface area contributed by atoms with Crippen LogP contribution in [0.2, 0.25) is 0 Å². The van der Waals surface area contributed by atoms with E-state index in [4.69, 9.17) is 0 Å². The highest BCUT2D eigenvalue weighted by atomic mass is 32.2. The monoisotopic (exact) mass is 601 g/mol. The maximum atomic E-state index is 15.1. The zero-order chi connectivity index (χ0) is 30.7. The lowest BCUT2D eigenvalue weighted by molar-refractivity contribution is -0.140. The van der Waals surface area contributed by atoms with Crippen molar-refractivity contribution in [2.45, 2.75) is 43.7 Å². The first-order valence-corrected chi connectivity index (χ1v) is 15.7. The van der Waals surface area contributed by atoms with Crippen LogP contribution >= 0.6 is 0 Å². The minimum atomic E-state index is -4.36. The zero-order valence-corrected chi connectivity index (χ0v) is 24.9. The molecular weight excluding hydrogens is 565 g/mol. The lowest BCUT2D eigenvalue weighted by Crippen LogP contribution is -2.53. The first kappa shape index (κ1) is 31.4. The summed E-state index contributed by atoms with van der Waals surface area (Å²) >= 11 is 0. The number of hydrogen-bond acceptors (Lipinski definition) is 4. The van der Waals surface area contributed by atoms with Crippen molar-refractivity contribution in [1.29, 1.82) is 0 Å². The Hall–Kier alpha value is -4.50. The number of carbonyl (C=O) groups is 2. The average Bonchev–Trinajstić information content (AvgIpc) is 3.03. The van der Waals surface area contributed by atoms with Crippen molar-refractivity contribution in [2.75, 3.05) is 17.4 Å². The van der Waals surface area contributed by atoms with Gasteiger partial charge in [0.25, 0.3) is 10.0 Å². The molecule has 0 saturated carbocycles. The second-order valence-electron chi connectivity index (χ2n) is 10.1. The van der Waals surface area contributed by atoms with Crippen LogP contribution in [0.3, 0.4) is 0 Å². The predicted molar refractivity (Wildman–Crippen MR) is 166 cm³/mol. The Morgan fingerprint density at radius 2 is 1.35 bits per heavy atom. The van der Waals surface area contributed by atoms with Gasteiger partial charge in [0, 0.05) is 19.5 Å². The second kappa shape index (κ2) is 15.1. The van der Waals surface area contributed by atoms with Crippen molar-refractivity contribution in [3.63, 3.8) is 0 Å². The third-order valence-corrected chi connectivity index (χ3v) is 8.80. The number of hydrogen-bond donors (Lipinski definition) is 1. The van der Waals surface area contributed by atoms with E-state index in [9.17, 15) is 18.0 Å². The van der Waals surface area contributed by atoms with Gasteiger partial charge in [0.05, 0.1) is 10.6 Å². The van der Waals surface area contributed by atoms with Crippen molar-refractivity contribution in [3.8, 4) is 0 Å². The van der Waals surface area contributed by atoms with Crippen LogP contribution in [0.4, 0.5) is 10.1 Å². The van der Waals surface area contributed by atoms with E-state index in [1.54, 1.807) is 18.2 Å². The van der Waals surface area contributed by atoms with Crippen LogP contribution in [0.5, 0.6) is 0 Å². The molecule has 4 aromatic carbocycles.